The zero-order valence-corrected chi connectivity index (χ0v) is 19.8. The van der Waals surface area contributed by atoms with Crippen LogP contribution >= 0.6 is 0 Å². The van der Waals surface area contributed by atoms with Gasteiger partial charge in [0.15, 0.2) is 0 Å². The maximum absolute atomic E-state index is 13.1. The Morgan fingerprint density at radius 3 is 2.09 bits per heavy atom. The smallest absolute Gasteiger partial charge is 0.320 e. The van der Waals surface area contributed by atoms with E-state index in [-0.39, 0.29) is 18.7 Å². The number of nitrogens with one attached hydrogen (secondary N) is 2. The van der Waals surface area contributed by atoms with E-state index in [1.807, 2.05) is 56.3 Å². The number of halogens is 1. The molecule has 0 unspecified atom stereocenters. The van der Waals surface area contributed by atoms with Gasteiger partial charge in [-0.3, -0.25) is 25.0 Å². The van der Waals surface area contributed by atoms with Crippen LogP contribution in [0.2, 0.25) is 0 Å². The third-order valence-corrected chi connectivity index (χ3v) is 5.59. The minimum absolute atomic E-state index is 0.00817. The Labute approximate surface area is 204 Å². The van der Waals surface area contributed by atoms with E-state index in [0.717, 1.165) is 16.7 Å². The monoisotopic (exact) mass is 476 g/mol. The summed E-state index contributed by atoms with van der Waals surface area (Å²) in [5.41, 5.74) is 2.55. The van der Waals surface area contributed by atoms with Gasteiger partial charge in [-0.05, 0) is 67.6 Å². The van der Waals surface area contributed by atoms with E-state index in [2.05, 4.69) is 10.6 Å². The minimum Gasteiger partial charge on any atom is -0.480 e. The van der Waals surface area contributed by atoms with E-state index in [4.69, 9.17) is 0 Å². The van der Waals surface area contributed by atoms with Crippen molar-refractivity contribution in [1.29, 1.82) is 0 Å². The molecule has 3 aromatic carbocycles. The molecule has 0 saturated carbocycles. The predicted octanol–water partition coefficient (Wildman–Crippen LogP) is 4.59. The molecule has 0 saturated heterocycles. The van der Waals surface area contributed by atoms with Gasteiger partial charge < -0.3 is 5.11 Å². The Morgan fingerprint density at radius 2 is 1.49 bits per heavy atom. The first-order valence-corrected chi connectivity index (χ1v) is 11.4. The van der Waals surface area contributed by atoms with Gasteiger partial charge in [-0.2, -0.15) is 0 Å². The average Bonchev–Trinajstić information content (AvgIpc) is 2.83. The first-order chi connectivity index (χ1) is 16.6. The summed E-state index contributed by atoms with van der Waals surface area (Å²) in [6.45, 7) is 3.68. The summed E-state index contributed by atoms with van der Waals surface area (Å²) in [5, 5.41) is 15.0. The van der Waals surface area contributed by atoms with Crippen LogP contribution in [0.15, 0.2) is 78.9 Å². The van der Waals surface area contributed by atoms with Gasteiger partial charge in [0.1, 0.15) is 11.9 Å². The Hall–Kier alpha value is -3.84. The van der Waals surface area contributed by atoms with Gasteiger partial charge in [0.05, 0.1) is 0 Å². The van der Waals surface area contributed by atoms with Crippen LogP contribution in [0, 0.1) is 5.82 Å². The Balaban J connectivity index is 1.53. The molecule has 3 aromatic rings. The number of hydrogen-bond donors (Lipinski definition) is 3. The number of rotatable bonds is 10. The molecule has 0 aliphatic rings. The summed E-state index contributed by atoms with van der Waals surface area (Å²) in [7, 11) is 0. The Bertz CT molecular complexity index is 1160. The van der Waals surface area contributed by atoms with E-state index >= 15 is 0 Å². The fourth-order valence-corrected chi connectivity index (χ4v) is 3.87. The van der Waals surface area contributed by atoms with Gasteiger partial charge >= 0.3 is 5.97 Å². The molecule has 0 bridgehead atoms. The van der Waals surface area contributed by atoms with Crippen LogP contribution in [0.3, 0.4) is 0 Å². The van der Waals surface area contributed by atoms with Gasteiger partial charge in [-0.1, -0.05) is 54.6 Å². The fourth-order valence-electron chi connectivity index (χ4n) is 3.87. The number of amides is 2. The standard InChI is InChI=1S/C28H29FN2O4/c1-28(2,18-19-8-14-23(29)15-9-19)31-24(27(34)35)16-17-25(32)30-26(33)22-12-10-21(11-13-22)20-6-4-3-5-7-20/h3-15,24,31H,16-18H2,1-2H3,(H,34,35)(H,30,32,33)/t24-/m0/s1. The number of aliphatic carboxylic acids is 1. The van der Waals surface area contributed by atoms with Crippen molar-refractivity contribution in [3.05, 3.63) is 95.8 Å². The second-order valence-electron chi connectivity index (χ2n) is 9.08. The largest absolute Gasteiger partial charge is 0.480 e. The highest BCUT2D eigenvalue weighted by molar-refractivity contribution is 6.04. The summed E-state index contributed by atoms with van der Waals surface area (Å²) in [6.07, 6.45) is 0.347. The van der Waals surface area contributed by atoms with Crippen molar-refractivity contribution in [2.45, 2.75) is 44.7 Å². The van der Waals surface area contributed by atoms with Gasteiger partial charge in [0.25, 0.3) is 5.91 Å². The number of carboxylic acids is 1. The van der Waals surface area contributed by atoms with Crippen molar-refractivity contribution in [2.24, 2.45) is 0 Å². The third kappa shape index (κ3) is 7.86. The van der Waals surface area contributed by atoms with E-state index in [1.165, 1.54) is 12.1 Å². The molecule has 0 aliphatic heterocycles. The van der Waals surface area contributed by atoms with Crippen LogP contribution < -0.4 is 10.6 Å². The number of benzene rings is 3. The van der Waals surface area contributed by atoms with E-state index in [1.54, 1.807) is 24.3 Å². The molecule has 0 heterocycles. The minimum atomic E-state index is -1.09. The van der Waals surface area contributed by atoms with E-state index < -0.39 is 29.4 Å². The van der Waals surface area contributed by atoms with Crippen molar-refractivity contribution in [2.75, 3.05) is 0 Å². The quantitative estimate of drug-likeness (QED) is 0.398. The molecule has 3 N–H and O–H groups in total. The molecule has 0 aliphatic carbocycles. The zero-order valence-electron chi connectivity index (χ0n) is 19.8. The highest BCUT2D eigenvalue weighted by Crippen LogP contribution is 2.19. The van der Waals surface area contributed by atoms with Gasteiger partial charge in [0, 0.05) is 17.5 Å². The Kier molecular flexibility index (Phi) is 8.49. The molecule has 0 aromatic heterocycles. The normalized spacial score (nSPS) is 12.1. The molecule has 2 amide bonds. The molecule has 0 fully saturated rings. The van der Waals surface area contributed by atoms with Crippen LogP contribution in [0.5, 0.6) is 0 Å². The lowest BCUT2D eigenvalue weighted by Gasteiger charge is -2.30. The highest BCUT2D eigenvalue weighted by atomic mass is 19.1. The SMILES string of the molecule is CC(C)(Cc1ccc(F)cc1)N[C@@H](CCC(=O)NC(=O)c1ccc(-c2ccccc2)cc1)C(=O)O. The first kappa shape index (κ1) is 25.8. The van der Waals surface area contributed by atoms with Crippen LogP contribution in [0.1, 0.15) is 42.6 Å². The number of carbonyl (C=O) groups excluding carboxylic acids is 2. The Morgan fingerprint density at radius 1 is 0.886 bits per heavy atom. The van der Waals surface area contributed by atoms with Crippen LogP contribution in [0.25, 0.3) is 11.1 Å². The summed E-state index contributed by atoms with van der Waals surface area (Å²) in [4.78, 5) is 36.6. The second kappa shape index (κ2) is 11.5. The van der Waals surface area contributed by atoms with E-state index in [0.29, 0.717) is 12.0 Å². The van der Waals surface area contributed by atoms with Gasteiger partial charge in [-0.25, -0.2) is 4.39 Å². The molecule has 7 heteroatoms. The fraction of sp³-hybridized carbons (Fsp3) is 0.250. The van der Waals surface area contributed by atoms with Crippen molar-refractivity contribution >= 4 is 17.8 Å². The number of carbonyl (C=O) groups is 3. The molecule has 1 atom stereocenters. The van der Waals surface area contributed by atoms with Crippen molar-refractivity contribution in [3.8, 4) is 11.1 Å². The van der Waals surface area contributed by atoms with Crippen LogP contribution in [-0.4, -0.2) is 34.5 Å². The molecule has 182 valence electrons. The summed E-state index contributed by atoms with van der Waals surface area (Å²) in [6, 6.07) is 21.6. The van der Waals surface area contributed by atoms with Crippen LogP contribution in [0.4, 0.5) is 4.39 Å². The molecular formula is C28H29FN2O4. The van der Waals surface area contributed by atoms with Crippen LogP contribution in [-0.2, 0) is 16.0 Å². The maximum atomic E-state index is 13.1. The number of hydrogen-bond acceptors (Lipinski definition) is 4. The molecule has 0 spiro atoms. The maximum Gasteiger partial charge on any atom is 0.320 e. The van der Waals surface area contributed by atoms with Crippen molar-refractivity contribution < 1.29 is 23.9 Å². The van der Waals surface area contributed by atoms with Gasteiger partial charge in [0.2, 0.25) is 5.91 Å². The highest BCUT2D eigenvalue weighted by Gasteiger charge is 2.27. The summed E-state index contributed by atoms with van der Waals surface area (Å²) < 4.78 is 13.1. The summed E-state index contributed by atoms with van der Waals surface area (Å²) in [5.74, 6) is -2.51. The molecule has 3 rings (SSSR count). The summed E-state index contributed by atoms with van der Waals surface area (Å²) >= 11 is 0. The molecule has 0 radical (unpaired) electrons. The van der Waals surface area contributed by atoms with Gasteiger partial charge in [-0.15, -0.1) is 0 Å². The molecular weight excluding hydrogens is 447 g/mol. The lowest BCUT2D eigenvalue weighted by molar-refractivity contribution is -0.140. The van der Waals surface area contributed by atoms with E-state index in [9.17, 15) is 23.9 Å². The number of imide groups is 1. The lowest BCUT2D eigenvalue weighted by Crippen LogP contribution is -2.51. The average molecular weight is 477 g/mol. The third-order valence-electron chi connectivity index (χ3n) is 5.59. The van der Waals surface area contributed by atoms with Crippen molar-refractivity contribution in [3.63, 3.8) is 0 Å². The molecule has 35 heavy (non-hydrogen) atoms. The molecule has 6 nitrogen and oxygen atoms in total. The zero-order chi connectivity index (χ0) is 25.4. The lowest BCUT2D eigenvalue weighted by atomic mass is 9.93. The number of carboxylic acid groups (broad SMARTS) is 1. The van der Waals surface area contributed by atoms with Crippen molar-refractivity contribution in [1.82, 2.24) is 10.6 Å². The first-order valence-electron chi connectivity index (χ1n) is 11.4. The predicted molar refractivity (Wildman–Crippen MR) is 132 cm³/mol. The topological polar surface area (TPSA) is 95.5 Å². The second-order valence-corrected chi connectivity index (χ2v) is 9.08.